The summed E-state index contributed by atoms with van der Waals surface area (Å²) in [5.41, 5.74) is 2.98. The SMILES string of the molecule is [c]1noc(-c2ccccc2)c1-c1ccccc1. The van der Waals surface area contributed by atoms with E-state index < -0.39 is 0 Å². The summed E-state index contributed by atoms with van der Waals surface area (Å²) in [6.07, 6.45) is 2.90. The monoisotopic (exact) mass is 220 g/mol. The smallest absolute Gasteiger partial charge is 0.175 e. The molecule has 0 saturated carbocycles. The van der Waals surface area contributed by atoms with E-state index >= 15 is 0 Å². The number of hydrogen-bond donors (Lipinski definition) is 0. The molecule has 0 aliphatic carbocycles. The van der Waals surface area contributed by atoms with Crippen LogP contribution in [0.4, 0.5) is 0 Å². The molecule has 0 amide bonds. The van der Waals surface area contributed by atoms with Gasteiger partial charge >= 0.3 is 0 Å². The largest absolute Gasteiger partial charge is 0.355 e. The van der Waals surface area contributed by atoms with Crippen molar-refractivity contribution in [2.24, 2.45) is 0 Å². The summed E-state index contributed by atoms with van der Waals surface area (Å²) < 4.78 is 5.30. The number of nitrogens with zero attached hydrogens (tertiary/aromatic N) is 1. The Bertz CT molecular complexity index is 545. The van der Waals surface area contributed by atoms with Gasteiger partial charge in [-0.25, -0.2) is 0 Å². The lowest BCUT2D eigenvalue weighted by Gasteiger charge is -2.00. The highest BCUT2D eigenvalue weighted by molar-refractivity contribution is 5.78. The van der Waals surface area contributed by atoms with Crippen molar-refractivity contribution < 1.29 is 4.52 Å². The minimum Gasteiger partial charge on any atom is -0.355 e. The van der Waals surface area contributed by atoms with E-state index in [-0.39, 0.29) is 0 Å². The van der Waals surface area contributed by atoms with Gasteiger partial charge in [0.15, 0.2) is 5.76 Å². The van der Waals surface area contributed by atoms with Crippen molar-refractivity contribution in [3.63, 3.8) is 0 Å². The van der Waals surface area contributed by atoms with Gasteiger partial charge in [-0.3, -0.25) is 0 Å². The Kier molecular flexibility index (Phi) is 2.47. The van der Waals surface area contributed by atoms with Gasteiger partial charge in [0.25, 0.3) is 0 Å². The first-order valence-electron chi connectivity index (χ1n) is 5.43. The zero-order valence-electron chi connectivity index (χ0n) is 9.13. The summed E-state index contributed by atoms with van der Waals surface area (Å²) in [6, 6.07) is 20.0. The maximum absolute atomic E-state index is 5.30. The lowest BCUT2D eigenvalue weighted by molar-refractivity contribution is 0.431. The van der Waals surface area contributed by atoms with Crippen LogP contribution < -0.4 is 0 Å². The molecule has 0 atom stereocenters. The van der Waals surface area contributed by atoms with Crippen molar-refractivity contribution in [3.05, 3.63) is 66.9 Å². The highest BCUT2D eigenvalue weighted by Crippen LogP contribution is 2.30. The summed E-state index contributed by atoms with van der Waals surface area (Å²) in [5.74, 6) is 0.761. The van der Waals surface area contributed by atoms with Gasteiger partial charge in [0.05, 0.1) is 5.56 Å². The zero-order valence-corrected chi connectivity index (χ0v) is 9.13. The highest BCUT2D eigenvalue weighted by Gasteiger charge is 2.12. The number of benzene rings is 2. The second kappa shape index (κ2) is 4.26. The Hall–Kier alpha value is -2.35. The summed E-state index contributed by atoms with van der Waals surface area (Å²) in [5, 5.41) is 3.77. The molecule has 0 saturated heterocycles. The summed E-state index contributed by atoms with van der Waals surface area (Å²) in [6.45, 7) is 0. The quantitative estimate of drug-likeness (QED) is 0.656. The van der Waals surface area contributed by atoms with Gasteiger partial charge in [-0.15, -0.1) is 0 Å². The normalized spacial score (nSPS) is 10.4. The molecule has 2 heteroatoms. The topological polar surface area (TPSA) is 26.0 Å². The molecule has 81 valence electrons. The Morgan fingerprint density at radius 2 is 1.35 bits per heavy atom. The molecule has 2 nitrogen and oxygen atoms in total. The first kappa shape index (κ1) is 9.85. The standard InChI is InChI=1S/C15H10NO/c1-3-7-12(8-4-1)14-11-16-17-15(14)13-9-5-2-6-10-13/h1-10H. The van der Waals surface area contributed by atoms with Gasteiger partial charge in [-0.1, -0.05) is 65.8 Å². The molecule has 17 heavy (non-hydrogen) atoms. The second-order valence-electron chi connectivity index (χ2n) is 3.73. The number of aromatic nitrogens is 1. The molecule has 0 spiro atoms. The van der Waals surface area contributed by atoms with Crippen molar-refractivity contribution >= 4 is 0 Å². The van der Waals surface area contributed by atoms with Crippen LogP contribution in [0.2, 0.25) is 0 Å². The van der Waals surface area contributed by atoms with Crippen molar-refractivity contribution in [2.75, 3.05) is 0 Å². The van der Waals surface area contributed by atoms with Crippen molar-refractivity contribution in [1.29, 1.82) is 0 Å². The van der Waals surface area contributed by atoms with E-state index in [0.717, 1.165) is 22.5 Å². The van der Waals surface area contributed by atoms with E-state index in [1.165, 1.54) is 0 Å². The van der Waals surface area contributed by atoms with E-state index in [4.69, 9.17) is 4.52 Å². The molecule has 0 bridgehead atoms. The maximum Gasteiger partial charge on any atom is 0.175 e. The van der Waals surface area contributed by atoms with E-state index in [1.54, 1.807) is 0 Å². The first-order chi connectivity index (χ1) is 8.45. The Labute approximate surface area is 99.5 Å². The molecule has 2 aromatic carbocycles. The summed E-state index contributed by atoms with van der Waals surface area (Å²) in [7, 11) is 0. The zero-order chi connectivity index (χ0) is 11.5. The van der Waals surface area contributed by atoms with Crippen LogP contribution in [-0.4, -0.2) is 5.16 Å². The summed E-state index contributed by atoms with van der Waals surface area (Å²) in [4.78, 5) is 0. The number of rotatable bonds is 2. The van der Waals surface area contributed by atoms with Crippen LogP contribution in [0, 0.1) is 6.20 Å². The average molecular weight is 220 g/mol. The molecular weight excluding hydrogens is 210 g/mol. The Morgan fingerprint density at radius 1 is 0.765 bits per heavy atom. The third-order valence-corrected chi connectivity index (χ3v) is 2.62. The van der Waals surface area contributed by atoms with E-state index in [0.29, 0.717) is 0 Å². The fourth-order valence-corrected chi connectivity index (χ4v) is 1.80. The first-order valence-corrected chi connectivity index (χ1v) is 5.43. The predicted molar refractivity (Wildman–Crippen MR) is 66.2 cm³/mol. The van der Waals surface area contributed by atoms with Crippen LogP contribution in [-0.2, 0) is 0 Å². The second-order valence-corrected chi connectivity index (χ2v) is 3.73. The highest BCUT2D eigenvalue weighted by atomic mass is 16.5. The van der Waals surface area contributed by atoms with Crippen LogP contribution in [0.3, 0.4) is 0 Å². The molecule has 0 aliphatic heterocycles. The fourth-order valence-electron chi connectivity index (χ4n) is 1.80. The van der Waals surface area contributed by atoms with Gasteiger partial charge in [-0.05, 0) is 5.56 Å². The molecule has 0 fully saturated rings. The van der Waals surface area contributed by atoms with Crippen LogP contribution in [0.1, 0.15) is 0 Å². The van der Waals surface area contributed by atoms with Gasteiger partial charge in [0.2, 0.25) is 0 Å². The van der Waals surface area contributed by atoms with Crippen LogP contribution in [0.15, 0.2) is 65.2 Å². The van der Waals surface area contributed by atoms with Crippen molar-refractivity contribution in [2.45, 2.75) is 0 Å². The molecule has 0 N–H and O–H groups in total. The summed E-state index contributed by atoms with van der Waals surface area (Å²) >= 11 is 0. The Balaban J connectivity index is 2.13. The Morgan fingerprint density at radius 3 is 2.00 bits per heavy atom. The average Bonchev–Trinajstić information content (AvgIpc) is 2.90. The number of hydrogen-bond acceptors (Lipinski definition) is 2. The van der Waals surface area contributed by atoms with Crippen molar-refractivity contribution in [3.8, 4) is 22.5 Å². The van der Waals surface area contributed by atoms with E-state index in [2.05, 4.69) is 11.4 Å². The predicted octanol–water partition coefficient (Wildman–Crippen LogP) is 3.81. The van der Waals surface area contributed by atoms with Gasteiger partial charge in [0.1, 0.15) is 6.20 Å². The molecule has 0 aliphatic rings. The third-order valence-electron chi connectivity index (χ3n) is 2.62. The molecule has 1 radical (unpaired) electrons. The molecule has 1 heterocycles. The van der Waals surface area contributed by atoms with E-state index in [9.17, 15) is 0 Å². The third kappa shape index (κ3) is 1.85. The minimum atomic E-state index is 0.761. The van der Waals surface area contributed by atoms with E-state index in [1.807, 2.05) is 60.7 Å². The molecule has 0 unspecified atom stereocenters. The lowest BCUT2D eigenvalue weighted by atomic mass is 10.0. The molecule has 3 rings (SSSR count). The molecule has 1 aromatic heterocycles. The fraction of sp³-hybridized carbons (Fsp3) is 0. The minimum absolute atomic E-state index is 0.761. The van der Waals surface area contributed by atoms with Gasteiger partial charge in [-0.2, -0.15) is 0 Å². The van der Waals surface area contributed by atoms with Crippen LogP contribution in [0.25, 0.3) is 22.5 Å². The van der Waals surface area contributed by atoms with Gasteiger partial charge in [0, 0.05) is 5.56 Å². The molecule has 3 aromatic rings. The van der Waals surface area contributed by atoms with Gasteiger partial charge < -0.3 is 4.52 Å². The lowest BCUT2D eigenvalue weighted by Crippen LogP contribution is -1.79. The maximum atomic E-state index is 5.30. The van der Waals surface area contributed by atoms with Crippen molar-refractivity contribution in [1.82, 2.24) is 5.16 Å². The van der Waals surface area contributed by atoms with Crippen LogP contribution >= 0.6 is 0 Å². The molecular formula is C15H10NO. The van der Waals surface area contributed by atoms with Crippen LogP contribution in [0.5, 0.6) is 0 Å².